The SMILES string of the molecule is Cc1c(Cl)cccc1N(CC(=O)N(Cc1ccc(Cl)c(Cl)c1)[C@@H](C)C(=O)NC1CCCCC1)S(C)(=O)=O. The van der Waals surface area contributed by atoms with Gasteiger partial charge in [-0.1, -0.05) is 66.2 Å². The van der Waals surface area contributed by atoms with Crippen LogP contribution in [0.4, 0.5) is 5.69 Å². The van der Waals surface area contributed by atoms with Crippen LogP contribution in [0.3, 0.4) is 0 Å². The predicted octanol–water partition coefficient (Wildman–Crippen LogP) is 5.59. The molecule has 3 rings (SSSR count). The molecule has 0 unspecified atom stereocenters. The maximum atomic E-state index is 13.7. The number of sulfonamides is 1. The van der Waals surface area contributed by atoms with Gasteiger partial charge < -0.3 is 10.2 Å². The van der Waals surface area contributed by atoms with Gasteiger partial charge in [-0.15, -0.1) is 0 Å². The van der Waals surface area contributed by atoms with Crippen molar-refractivity contribution in [3.05, 3.63) is 62.6 Å². The van der Waals surface area contributed by atoms with E-state index in [1.807, 2.05) is 0 Å². The van der Waals surface area contributed by atoms with Crippen molar-refractivity contribution in [2.75, 3.05) is 17.1 Å². The highest BCUT2D eigenvalue weighted by molar-refractivity contribution is 7.92. The van der Waals surface area contributed by atoms with E-state index in [2.05, 4.69) is 5.32 Å². The fourth-order valence-corrected chi connectivity index (χ4v) is 5.84. The third kappa shape index (κ3) is 7.76. The van der Waals surface area contributed by atoms with E-state index < -0.39 is 28.5 Å². The summed E-state index contributed by atoms with van der Waals surface area (Å²) in [6.07, 6.45) is 6.07. The molecule has 1 atom stereocenters. The number of hydrogen-bond acceptors (Lipinski definition) is 4. The smallest absolute Gasteiger partial charge is 0.244 e. The van der Waals surface area contributed by atoms with E-state index in [1.165, 1.54) is 4.90 Å². The summed E-state index contributed by atoms with van der Waals surface area (Å²) in [6, 6.07) is 9.04. The second-order valence-corrected chi connectivity index (χ2v) is 12.6. The molecule has 1 aliphatic carbocycles. The van der Waals surface area contributed by atoms with Crippen molar-refractivity contribution in [2.45, 2.75) is 64.6 Å². The number of carbonyl (C=O) groups excluding carboxylic acids is 2. The van der Waals surface area contributed by atoms with Crippen LogP contribution in [0.25, 0.3) is 0 Å². The fraction of sp³-hybridized carbons (Fsp3) is 0.462. The van der Waals surface area contributed by atoms with Gasteiger partial charge in [0, 0.05) is 17.6 Å². The van der Waals surface area contributed by atoms with Gasteiger partial charge >= 0.3 is 0 Å². The van der Waals surface area contributed by atoms with Crippen molar-refractivity contribution in [3.8, 4) is 0 Å². The standard InChI is InChI=1S/C26H32Cl3N3O4S/c1-17-21(27)10-7-11-24(17)32(37(3,35)36)16-25(33)31(15-19-12-13-22(28)23(29)14-19)18(2)26(34)30-20-8-5-4-6-9-20/h7,10-14,18,20H,4-6,8-9,15-16H2,1-3H3,(H,30,34)/t18-/m0/s1. The van der Waals surface area contributed by atoms with Gasteiger partial charge in [-0.05, 0) is 62.1 Å². The van der Waals surface area contributed by atoms with E-state index in [0.717, 1.165) is 42.7 Å². The van der Waals surface area contributed by atoms with Crippen LogP contribution < -0.4 is 9.62 Å². The molecule has 0 spiro atoms. The Bertz CT molecular complexity index is 1250. The van der Waals surface area contributed by atoms with Gasteiger partial charge in [-0.2, -0.15) is 0 Å². The van der Waals surface area contributed by atoms with Crippen LogP contribution in [0.15, 0.2) is 36.4 Å². The molecule has 0 aromatic heterocycles. The largest absolute Gasteiger partial charge is 0.352 e. The van der Waals surface area contributed by atoms with E-state index in [4.69, 9.17) is 34.8 Å². The van der Waals surface area contributed by atoms with Gasteiger partial charge in [0.1, 0.15) is 12.6 Å². The highest BCUT2D eigenvalue weighted by atomic mass is 35.5. The first-order chi connectivity index (χ1) is 17.4. The lowest BCUT2D eigenvalue weighted by Crippen LogP contribution is -2.53. The van der Waals surface area contributed by atoms with Crippen LogP contribution in [-0.2, 0) is 26.2 Å². The van der Waals surface area contributed by atoms with Gasteiger partial charge in [0.2, 0.25) is 21.8 Å². The summed E-state index contributed by atoms with van der Waals surface area (Å²) >= 11 is 18.5. The minimum absolute atomic E-state index is 0.0428. The first-order valence-electron chi connectivity index (χ1n) is 12.1. The van der Waals surface area contributed by atoms with Gasteiger partial charge in [0.15, 0.2) is 0 Å². The van der Waals surface area contributed by atoms with Crippen molar-refractivity contribution in [1.82, 2.24) is 10.2 Å². The molecule has 1 fully saturated rings. The fourth-order valence-electron chi connectivity index (χ4n) is 4.45. The van der Waals surface area contributed by atoms with Gasteiger partial charge in [-0.25, -0.2) is 8.42 Å². The molecule has 2 aromatic rings. The highest BCUT2D eigenvalue weighted by Crippen LogP contribution is 2.29. The predicted molar refractivity (Wildman–Crippen MR) is 150 cm³/mol. The Kier molecular flexibility index (Phi) is 10.1. The summed E-state index contributed by atoms with van der Waals surface area (Å²) in [4.78, 5) is 28.3. The van der Waals surface area contributed by atoms with Crippen molar-refractivity contribution in [2.24, 2.45) is 0 Å². The lowest BCUT2D eigenvalue weighted by Gasteiger charge is -2.33. The van der Waals surface area contributed by atoms with E-state index >= 15 is 0 Å². The molecule has 2 aromatic carbocycles. The second-order valence-electron chi connectivity index (χ2n) is 9.44. The summed E-state index contributed by atoms with van der Waals surface area (Å²) in [5.74, 6) is -0.827. The zero-order valence-corrected chi connectivity index (χ0v) is 24.2. The molecule has 2 amide bonds. The van der Waals surface area contributed by atoms with Crippen LogP contribution in [0.5, 0.6) is 0 Å². The number of hydrogen-bond donors (Lipinski definition) is 1. The first-order valence-corrected chi connectivity index (χ1v) is 15.1. The summed E-state index contributed by atoms with van der Waals surface area (Å²) in [7, 11) is -3.85. The number of nitrogens with one attached hydrogen (secondary N) is 1. The number of rotatable bonds is 9. The van der Waals surface area contributed by atoms with Gasteiger partial charge in [-0.3, -0.25) is 13.9 Å². The van der Waals surface area contributed by atoms with Crippen LogP contribution in [0.2, 0.25) is 15.1 Å². The minimum Gasteiger partial charge on any atom is -0.352 e. The van der Waals surface area contributed by atoms with Crippen molar-refractivity contribution < 1.29 is 18.0 Å². The van der Waals surface area contributed by atoms with Crippen LogP contribution in [0.1, 0.15) is 50.2 Å². The summed E-state index contributed by atoms with van der Waals surface area (Å²) < 4.78 is 26.5. The summed E-state index contributed by atoms with van der Waals surface area (Å²) in [6.45, 7) is 2.88. The number of nitrogens with zero attached hydrogens (tertiary/aromatic N) is 2. The molecule has 0 bridgehead atoms. The third-order valence-corrected chi connectivity index (χ3v) is 8.92. The van der Waals surface area contributed by atoms with E-state index in [0.29, 0.717) is 31.9 Å². The Morgan fingerprint density at radius 2 is 1.70 bits per heavy atom. The Hall–Kier alpha value is -2.00. The Morgan fingerprint density at radius 3 is 2.32 bits per heavy atom. The van der Waals surface area contributed by atoms with Crippen LogP contribution >= 0.6 is 34.8 Å². The van der Waals surface area contributed by atoms with Crippen molar-refractivity contribution >= 4 is 62.3 Å². The normalized spacial score (nSPS) is 15.2. The molecular formula is C26H32Cl3N3O4S. The first kappa shape index (κ1) is 29.6. The van der Waals surface area contributed by atoms with Crippen molar-refractivity contribution in [1.29, 1.82) is 0 Å². The number of halogens is 3. The molecule has 1 saturated carbocycles. The molecule has 7 nitrogen and oxygen atoms in total. The molecule has 0 radical (unpaired) electrons. The lowest BCUT2D eigenvalue weighted by molar-refractivity contribution is -0.139. The van der Waals surface area contributed by atoms with Crippen LogP contribution in [-0.4, -0.2) is 50.0 Å². The molecule has 11 heteroatoms. The number of anilines is 1. The topological polar surface area (TPSA) is 86.8 Å². The number of benzene rings is 2. The molecular weight excluding hydrogens is 557 g/mol. The van der Waals surface area contributed by atoms with Gasteiger partial charge in [0.05, 0.1) is 22.0 Å². The number of amides is 2. The Labute approximate surface area is 234 Å². The maximum absolute atomic E-state index is 13.7. The average molecular weight is 589 g/mol. The minimum atomic E-state index is -3.85. The summed E-state index contributed by atoms with van der Waals surface area (Å²) in [5, 5.41) is 4.13. The molecule has 0 aliphatic heterocycles. The maximum Gasteiger partial charge on any atom is 0.244 e. The second kappa shape index (κ2) is 12.7. The zero-order valence-electron chi connectivity index (χ0n) is 21.1. The highest BCUT2D eigenvalue weighted by Gasteiger charge is 2.31. The quantitative estimate of drug-likeness (QED) is 0.414. The van der Waals surface area contributed by atoms with E-state index in [-0.39, 0.29) is 18.5 Å². The van der Waals surface area contributed by atoms with Gasteiger partial charge in [0.25, 0.3) is 0 Å². The molecule has 202 valence electrons. The molecule has 1 N–H and O–H groups in total. The monoisotopic (exact) mass is 587 g/mol. The molecule has 37 heavy (non-hydrogen) atoms. The molecule has 0 saturated heterocycles. The Balaban J connectivity index is 1.92. The Morgan fingerprint density at radius 1 is 1.03 bits per heavy atom. The zero-order chi connectivity index (χ0) is 27.3. The van der Waals surface area contributed by atoms with Crippen molar-refractivity contribution in [3.63, 3.8) is 0 Å². The number of carbonyl (C=O) groups is 2. The van der Waals surface area contributed by atoms with Crippen LogP contribution in [0, 0.1) is 6.92 Å². The molecule has 1 aliphatic rings. The average Bonchev–Trinajstić information content (AvgIpc) is 2.84. The van der Waals surface area contributed by atoms with E-state index in [9.17, 15) is 18.0 Å². The third-order valence-electron chi connectivity index (χ3n) is 6.64. The molecule has 0 heterocycles. The summed E-state index contributed by atoms with van der Waals surface area (Å²) in [5.41, 5.74) is 1.49. The van der Waals surface area contributed by atoms with E-state index in [1.54, 1.807) is 50.2 Å². The lowest BCUT2D eigenvalue weighted by atomic mass is 9.95.